The molecule has 2 aliphatic rings. The van der Waals surface area contributed by atoms with Gasteiger partial charge in [0, 0.05) is 54.2 Å². The van der Waals surface area contributed by atoms with Gasteiger partial charge in [-0.3, -0.25) is 14.9 Å². The van der Waals surface area contributed by atoms with E-state index >= 15 is 0 Å². The SMILES string of the molecule is CC(C)(C)N1CCC(N2C=C([C@@H](Nc3cc(Cl)c4ncc(C#N)c(Nc5cnc(F)c(F)c5)c4c3)c3ccccc3)NN2)CC1. The molecule has 0 saturated carbocycles. The Morgan fingerprint density at radius 3 is 2.49 bits per heavy atom. The van der Waals surface area contributed by atoms with Gasteiger partial charge in [0.25, 0.3) is 0 Å². The van der Waals surface area contributed by atoms with Gasteiger partial charge < -0.3 is 16.1 Å². The second kappa shape index (κ2) is 12.5. The number of nitrogens with one attached hydrogen (secondary N) is 4. The van der Waals surface area contributed by atoms with Gasteiger partial charge >= 0.3 is 0 Å². The predicted octanol–water partition coefficient (Wildman–Crippen LogP) is 6.76. The van der Waals surface area contributed by atoms with Gasteiger partial charge in [0.1, 0.15) is 6.07 Å². The quantitative estimate of drug-likeness (QED) is 0.165. The lowest BCUT2D eigenvalue weighted by molar-refractivity contribution is 0.0570. The fourth-order valence-electron chi connectivity index (χ4n) is 5.85. The molecule has 0 aliphatic carbocycles. The van der Waals surface area contributed by atoms with Crippen molar-refractivity contribution in [2.45, 2.75) is 51.2 Å². The number of rotatable bonds is 7. The summed E-state index contributed by atoms with van der Waals surface area (Å²) in [5, 5.41) is 19.5. The Morgan fingerprint density at radius 1 is 1.04 bits per heavy atom. The largest absolute Gasteiger partial charge is 0.373 e. The van der Waals surface area contributed by atoms with E-state index in [2.05, 4.69) is 74.5 Å². The molecule has 0 spiro atoms. The molecule has 2 aromatic carbocycles. The fourth-order valence-corrected chi connectivity index (χ4v) is 6.12. The highest BCUT2D eigenvalue weighted by Gasteiger charge is 2.32. The molecular formula is C33H34ClF2N9. The van der Waals surface area contributed by atoms with Crippen molar-refractivity contribution >= 4 is 39.6 Å². The molecule has 4 aromatic rings. The number of benzene rings is 2. The average Bonchev–Trinajstić information content (AvgIpc) is 3.52. The number of nitrogens with zero attached hydrogens (tertiary/aromatic N) is 5. The van der Waals surface area contributed by atoms with Gasteiger partial charge in [-0.05, 0) is 51.3 Å². The zero-order chi connectivity index (χ0) is 31.7. The molecule has 45 heavy (non-hydrogen) atoms. The number of aromatic nitrogens is 2. The number of halogens is 3. The van der Waals surface area contributed by atoms with Crippen molar-refractivity contribution in [3.63, 3.8) is 0 Å². The minimum Gasteiger partial charge on any atom is -0.373 e. The van der Waals surface area contributed by atoms with Crippen LogP contribution in [0.2, 0.25) is 5.02 Å². The summed E-state index contributed by atoms with van der Waals surface area (Å²) in [5.74, 6) is -2.32. The van der Waals surface area contributed by atoms with Gasteiger partial charge in [0.05, 0.1) is 45.4 Å². The van der Waals surface area contributed by atoms with Gasteiger partial charge in [0.15, 0.2) is 5.82 Å². The van der Waals surface area contributed by atoms with E-state index < -0.39 is 11.8 Å². The first kappa shape index (κ1) is 30.5. The molecule has 0 bridgehead atoms. The molecule has 2 aromatic heterocycles. The first-order chi connectivity index (χ1) is 21.6. The first-order valence-corrected chi connectivity index (χ1v) is 15.2. The number of pyridine rings is 2. The third-order valence-electron chi connectivity index (χ3n) is 8.28. The molecule has 4 heterocycles. The Labute approximate surface area is 265 Å². The summed E-state index contributed by atoms with van der Waals surface area (Å²) in [6.45, 7) is 8.83. The molecular weight excluding hydrogens is 596 g/mol. The maximum atomic E-state index is 14.0. The Bertz CT molecular complexity index is 1780. The standard InChI is InChI=1S/C33H34ClF2N9/c1-33(2,3)44-11-9-24(10-12-44)45-19-28(42-43-45)30(20-7-5-4-6-8-20)40-22-13-25-29(41-23-15-27(35)32(36)39-18-23)21(16-37)17-38-31(25)26(34)14-22/h4-8,13-15,17-19,24,30,40,42-43H,9-12H2,1-3H3,(H,38,41)/t30-/m0/s1. The zero-order valence-electron chi connectivity index (χ0n) is 25.2. The monoisotopic (exact) mass is 629 g/mol. The number of hydrogen-bond donors (Lipinski definition) is 4. The van der Waals surface area contributed by atoms with Crippen LogP contribution in [-0.2, 0) is 0 Å². The topological polar surface area (TPSA) is 104 Å². The minimum atomic E-state index is -1.21. The second-order valence-corrected chi connectivity index (χ2v) is 12.6. The summed E-state index contributed by atoms with van der Waals surface area (Å²) in [7, 11) is 0. The van der Waals surface area contributed by atoms with Crippen LogP contribution < -0.4 is 21.6 Å². The van der Waals surface area contributed by atoms with Crippen molar-refractivity contribution in [3.05, 3.63) is 101 Å². The highest BCUT2D eigenvalue weighted by atomic mass is 35.5. The van der Waals surface area contributed by atoms with Crippen LogP contribution in [0.1, 0.15) is 50.8 Å². The lowest BCUT2D eigenvalue weighted by Crippen LogP contribution is -2.52. The maximum Gasteiger partial charge on any atom is 0.249 e. The molecule has 1 fully saturated rings. The van der Waals surface area contributed by atoms with Gasteiger partial charge in [-0.15, -0.1) is 5.53 Å². The summed E-state index contributed by atoms with van der Waals surface area (Å²) in [4.78, 5) is 10.4. The van der Waals surface area contributed by atoms with E-state index in [9.17, 15) is 14.0 Å². The Balaban J connectivity index is 1.33. The summed E-state index contributed by atoms with van der Waals surface area (Å²) < 4.78 is 27.5. The zero-order valence-corrected chi connectivity index (χ0v) is 26.0. The predicted molar refractivity (Wildman–Crippen MR) is 172 cm³/mol. The summed E-state index contributed by atoms with van der Waals surface area (Å²) in [5.41, 5.74) is 10.7. The molecule has 0 amide bonds. The molecule has 2 aliphatic heterocycles. The van der Waals surface area contributed by atoms with Crippen molar-refractivity contribution < 1.29 is 8.78 Å². The molecule has 0 radical (unpaired) electrons. The molecule has 9 nitrogen and oxygen atoms in total. The third-order valence-corrected chi connectivity index (χ3v) is 8.57. The van der Waals surface area contributed by atoms with E-state index in [-0.39, 0.29) is 22.8 Å². The van der Waals surface area contributed by atoms with Crippen molar-refractivity contribution in [3.8, 4) is 6.07 Å². The van der Waals surface area contributed by atoms with Crippen LogP contribution in [0.4, 0.5) is 25.8 Å². The Kier molecular flexibility index (Phi) is 8.46. The maximum absolute atomic E-state index is 14.0. The molecule has 6 rings (SSSR count). The molecule has 12 heteroatoms. The third kappa shape index (κ3) is 6.49. The van der Waals surface area contributed by atoms with E-state index in [0.717, 1.165) is 49.5 Å². The average molecular weight is 630 g/mol. The first-order valence-electron chi connectivity index (χ1n) is 14.8. The molecule has 4 N–H and O–H groups in total. The van der Waals surface area contributed by atoms with Crippen LogP contribution in [0, 0.1) is 23.1 Å². The molecule has 1 atom stereocenters. The lowest BCUT2D eigenvalue weighted by Gasteiger charge is -2.42. The van der Waals surface area contributed by atoms with Crippen molar-refractivity contribution in [1.29, 1.82) is 5.26 Å². The normalized spacial score (nSPS) is 16.6. The Hall–Kier alpha value is -4.50. The van der Waals surface area contributed by atoms with Gasteiger partial charge in [-0.2, -0.15) is 9.65 Å². The number of likely N-dealkylation sites (tertiary alicyclic amines) is 1. The van der Waals surface area contributed by atoms with Gasteiger partial charge in [-0.1, -0.05) is 41.9 Å². The van der Waals surface area contributed by atoms with Crippen molar-refractivity contribution in [2.75, 3.05) is 23.7 Å². The second-order valence-electron chi connectivity index (χ2n) is 12.2. The number of hydrazine groups is 2. The molecule has 0 unspecified atom stereocenters. The summed E-state index contributed by atoms with van der Waals surface area (Å²) in [6.07, 6.45) is 6.74. The molecule has 1 saturated heterocycles. The van der Waals surface area contributed by atoms with E-state index in [1.165, 1.54) is 6.20 Å². The minimum absolute atomic E-state index is 0.150. The Morgan fingerprint density at radius 2 is 1.80 bits per heavy atom. The summed E-state index contributed by atoms with van der Waals surface area (Å²) in [6, 6.07) is 16.8. The fraction of sp³-hybridized carbons (Fsp3) is 0.303. The number of hydrogen-bond acceptors (Lipinski definition) is 9. The van der Waals surface area contributed by atoms with Gasteiger partial charge in [-0.25, -0.2) is 9.37 Å². The number of piperidine rings is 1. The highest BCUT2D eigenvalue weighted by molar-refractivity contribution is 6.36. The number of nitriles is 1. The lowest BCUT2D eigenvalue weighted by atomic mass is 9.98. The highest BCUT2D eigenvalue weighted by Crippen LogP contribution is 2.37. The van der Waals surface area contributed by atoms with E-state index in [1.54, 1.807) is 6.07 Å². The van der Waals surface area contributed by atoms with Crippen LogP contribution in [0.3, 0.4) is 0 Å². The van der Waals surface area contributed by atoms with Crippen LogP contribution in [0.15, 0.2) is 72.8 Å². The smallest absolute Gasteiger partial charge is 0.249 e. The van der Waals surface area contributed by atoms with E-state index in [1.807, 2.05) is 36.4 Å². The van der Waals surface area contributed by atoms with E-state index in [0.29, 0.717) is 33.3 Å². The van der Waals surface area contributed by atoms with Crippen LogP contribution in [0.5, 0.6) is 0 Å². The van der Waals surface area contributed by atoms with Crippen LogP contribution in [0.25, 0.3) is 10.9 Å². The van der Waals surface area contributed by atoms with Crippen molar-refractivity contribution in [2.24, 2.45) is 0 Å². The number of anilines is 3. The van der Waals surface area contributed by atoms with Crippen molar-refractivity contribution in [1.82, 2.24) is 30.8 Å². The number of fused-ring (bicyclic) bond motifs is 1. The van der Waals surface area contributed by atoms with Crippen LogP contribution in [-0.4, -0.2) is 44.5 Å². The van der Waals surface area contributed by atoms with Gasteiger partial charge in [0.2, 0.25) is 5.95 Å². The summed E-state index contributed by atoms with van der Waals surface area (Å²) >= 11 is 6.75. The van der Waals surface area contributed by atoms with Crippen LogP contribution >= 0.6 is 11.6 Å². The van der Waals surface area contributed by atoms with E-state index in [4.69, 9.17) is 11.6 Å². The molecule has 232 valence electrons.